The van der Waals surface area contributed by atoms with E-state index in [1.165, 1.54) is 0 Å². The van der Waals surface area contributed by atoms with Crippen molar-refractivity contribution in [3.63, 3.8) is 0 Å². The largest absolute Gasteiger partial charge is 0.490 e. The maximum absolute atomic E-state index is 13.1. The maximum atomic E-state index is 13.1. The zero-order valence-electron chi connectivity index (χ0n) is 19.5. The number of ether oxygens (including phenoxy) is 1. The Morgan fingerprint density at radius 1 is 1.06 bits per heavy atom. The number of anilines is 1. The Morgan fingerprint density at radius 3 is 2.59 bits per heavy atom. The van der Waals surface area contributed by atoms with Crippen molar-refractivity contribution in [3.8, 4) is 5.75 Å². The van der Waals surface area contributed by atoms with Crippen LogP contribution in [0.2, 0.25) is 0 Å². The molecule has 0 bridgehead atoms. The molecule has 7 heteroatoms. The van der Waals surface area contributed by atoms with Crippen LogP contribution in [-0.2, 0) is 9.59 Å². The second kappa shape index (κ2) is 9.73. The number of rotatable bonds is 6. The molecule has 6 nitrogen and oxygen atoms in total. The lowest BCUT2D eigenvalue weighted by molar-refractivity contribution is -0.127. The minimum absolute atomic E-state index is 0.0582. The highest BCUT2D eigenvalue weighted by molar-refractivity contribution is 8.18. The van der Waals surface area contributed by atoms with E-state index in [0.29, 0.717) is 11.4 Å². The van der Waals surface area contributed by atoms with Gasteiger partial charge in [-0.25, -0.2) is 0 Å². The van der Waals surface area contributed by atoms with Gasteiger partial charge in [0.05, 0.1) is 11.0 Å². The van der Waals surface area contributed by atoms with Crippen LogP contribution in [0.4, 0.5) is 10.5 Å². The van der Waals surface area contributed by atoms with Gasteiger partial charge < -0.3 is 10.1 Å². The predicted molar refractivity (Wildman–Crippen MR) is 137 cm³/mol. The van der Waals surface area contributed by atoms with Crippen LogP contribution in [0, 0.1) is 13.8 Å². The molecule has 0 unspecified atom stereocenters. The number of fused-ring (bicyclic) bond motifs is 1. The summed E-state index contributed by atoms with van der Waals surface area (Å²) >= 11 is 0.830. The first-order valence-corrected chi connectivity index (χ1v) is 11.9. The van der Waals surface area contributed by atoms with Gasteiger partial charge in [0, 0.05) is 11.3 Å². The van der Waals surface area contributed by atoms with Crippen molar-refractivity contribution in [2.45, 2.75) is 33.8 Å². The van der Waals surface area contributed by atoms with E-state index >= 15 is 0 Å². The van der Waals surface area contributed by atoms with E-state index in [9.17, 15) is 14.4 Å². The standard InChI is InChI=1S/C27H26N2O4S/c1-16(2)33-23-13-12-19-9-5-6-10-20(19)21(23)14-24-26(31)29(27(32)34-24)15-25(30)28-22-11-7-8-17(3)18(22)4/h5-14,16H,15H2,1-4H3,(H,28,30)/b24-14+. The van der Waals surface area contributed by atoms with Gasteiger partial charge in [-0.2, -0.15) is 0 Å². The van der Waals surface area contributed by atoms with E-state index in [4.69, 9.17) is 4.74 Å². The van der Waals surface area contributed by atoms with Gasteiger partial charge in [0.2, 0.25) is 5.91 Å². The highest BCUT2D eigenvalue weighted by Gasteiger charge is 2.36. The molecule has 3 amide bonds. The molecular weight excluding hydrogens is 448 g/mol. The van der Waals surface area contributed by atoms with Gasteiger partial charge in [-0.15, -0.1) is 0 Å². The minimum Gasteiger partial charge on any atom is -0.490 e. The third-order valence-electron chi connectivity index (χ3n) is 5.62. The molecular formula is C27H26N2O4S. The number of imide groups is 1. The quantitative estimate of drug-likeness (QED) is 0.449. The molecule has 0 radical (unpaired) electrons. The van der Waals surface area contributed by atoms with Crippen LogP contribution in [0.1, 0.15) is 30.5 Å². The molecule has 1 fully saturated rings. The molecule has 34 heavy (non-hydrogen) atoms. The topological polar surface area (TPSA) is 75.7 Å². The average molecular weight is 475 g/mol. The first-order valence-electron chi connectivity index (χ1n) is 11.0. The van der Waals surface area contributed by atoms with Crippen molar-refractivity contribution in [2.75, 3.05) is 11.9 Å². The summed E-state index contributed by atoms with van der Waals surface area (Å²) in [4.78, 5) is 39.6. The summed E-state index contributed by atoms with van der Waals surface area (Å²) in [5.74, 6) is -0.283. The van der Waals surface area contributed by atoms with Crippen LogP contribution in [0.15, 0.2) is 59.5 Å². The third-order valence-corrected chi connectivity index (χ3v) is 6.53. The highest BCUT2D eigenvalue weighted by Crippen LogP contribution is 2.37. The molecule has 0 aromatic heterocycles. The average Bonchev–Trinajstić information content (AvgIpc) is 3.05. The van der Waals surface area contributed by atoms with Gasteiger partial charge in [0.1, 0.15) is 12.3 Å². The van der Waals surface area contributed by atoms with Gasteiger partial charge >= 0.3 is 0 Å². The lowest BCUT2D eigenvalue weighted by Crippen LogP contribution is -2.36. The number of nitrogens with one attached hydrogen (secondary N) is 1. The molecule has 0 saturated carbocycles. The molecule has 174 valence electrons. The first kappa shape index (κ1) is 23.6. The fraction of sp³-hybridized carbons (Fsp3) is 0.222. The maximum Gasteiger partial charge on any atom is 0.294 e. The molecule has 1 aliphatic heterocycles. The van der Waals surface area contributed by atoms with Crippen LogP contribution in [0.25, 0.3) is 16.8 Å². The second-order valence-corrected chi connectivity index (χ2v) is 9.42. The first-order chi connectivity index (χ1) is 16.2. The van der Waals surface area contributed by atoms with E-state index in [2.05, 4.69) is 5.32 Å². The summed E-state index contributed by atoms with van der Waals surface area (Å²) in [6.07, 6.45) is 1.63. The molecule has 1 aliphatic rings. The molecule has 1 N–H and O–H groups in total. The molecule has 0 aliphatic carbocycles. The summed E-state index contributed by atoms with van der Waals surface area (Å²) < 4.78 is 5.98. The zero-order chi connectivity index (χ0) is 24.4. The molecule has 0 atom stereocenters. The summed E-state index contributed by atoms with van der Waals surface area (Å²) in [6.45, 7) is 7.38. The molecule has 1 heterocycles. The summed E-state index contributed by atoms with van der Waals surface area (Å²) in [5.41, 5.74) is 3.39. The van der Waals surface area contributed by atoms with E-state index < -0.39 is 17.1 Å². The van der Waals surface area contributed by atoms with E-state index in [0.717, 1.165) is 44.1 Å². The van der Waals surface area contributed by atoms with Crippen molar-refractivity contribution in [2.24, 2.45) is 0 Å². The summed E-state index contributed by atoms with van der Waals surface area (Å²) in [5, 5.41) is 4.25. The number of amides is 3. The van der Waals surface area contributed by atoms with E-state index in [-0.39, 0.29) is 17.6 Å². The van der Waals surface area contributed by atoms with Gasteiger partial charge in [-0.1, -0.05) is 42.5 Å². The Hall–Kier alpha value is -3.58. The number of benzene rings is 3. The monoisotopic (exact) mass is 474 g/mol. The number of thioether (sulfide) groups is 1. The van der Waals surface area contributed by atoms with Crippen LogP contribution >= 0.6 is 11.8 Å². The minimum atomic E-state index is -0.491. The van der Waals surface area contributed by atoms with E-state index in [1.807, 2.05) is 76.2 Å². The Bertz CT molecular complexity index is 1330. The fourth-order valence-corrected chi connectivity index (χ4v) is 4.59. The highest BCUT2D eigenvalue weighted by atomic mass is 32.2. The lowest BCUT2D eigenvalue weighted by Gasteiger charge is -2.15. The Labute approximate surface area is 203 Å². The SMILES string of the molecule is Cc1cccc(NC(=O)CN2C(=O)S/C(=C/c3c(OC(C)C)ccc4ccccc34)C2=O)c1C. The number of nitrogens with zero attached hydrogens (tertiary/aromatic N) is 1. The molecule has 3 aromatic rings. The number of hydrogen-bond donors (Lipinski definition) is 1. The van der Waals surface area contributed by atoms with E-state index in [1.54, 1.807) is 12.1 Å². The fourth-order valence-electron chi connectivity index (χ4n) is 3.77. The van der Waals surface area contributed by atoms with Crippen molar-refractivity contribution >= 4 is 51.4 Å². The predicted octanol–water partition coefficient (Wildman–Crippen LogP) is 5.92. The number of carbonyl (C=O) groups excluding carboxylic acids is 3. The Morgan fingerprint density at radius 2 is 1.82 bits per heavy atom. The van der Waals surface area contributed by atoms with Crippen molar-refractivity contribution in [1.82, 2.24) is 4.90 Å². The summed E-state index contributed by atoms with van der Waals surface area (Å²) in [6, 6.07) is 17.2. The van der Waals surface area contributed by atoms with Crippen LogP contribution < -0.4 is 10.1 Å². The summed E-state index contributed by atoms with van der Waals surface area (Å²) in [7, 11) is 0. The van der Waals surface area contributed by atoms with Gasteiger partial charge in [-0.3, -0.25) is 19.3 Å². The number of carbonyl (C=O) groups is 3. The number of hydrogen-bond acceptors (Lipinski definition) is 5. The van der Waals surface area contributed by atoms with Crippen LogP contribution in [0.5, 0.6) is 5.75 Å². The molecule has 4 rings (SSSR count). The molecule has 1 saturated heterocycles. The second-order valence-electron chi connectivity index (χ2n) is 8.43. The molecule has 3 aromatic carbocycles. The van der Waals surface area contributed by atoms with Crippen LogP contribution in [0.3, 0.4) is 0 Å². The van der Waals surface area contributed by atoms with Gasteiger partial charge in [0.15, 0.2) is 0 Å². The van der Waals surface area contributed by atoms with Crippen molar-refractivity contribution < 1.29 is 19.1 Å². The lowest BCUT2D eigenvalue weighted by atomic mass is 10.0. The van der Waals surface area contributed by atoms with Crippen molar-refractivity contribution in [1.29, 1.82) is 0 Å². The zero-order valence-corrected chi connectivity index (χ0v) is 20.4. The molecule has 0 spiro atoms. The van der Waals surface area contributed by atoms with Gasteiger partial charge in [0.25, 0.3) is 11.1 Å². The third kappa shape index (κ3) is 4.84. The Balaban J connectivity index is 1.60. The Kier molecular flexibility index (Phi) is 6.75. The van der Waals surface area contributed by atoms with Crippen molar-refractivity contribution in [3.05, 3.63) is 76.2 Å². The van der Waals surface area contributed by atoms with Gasteiger partial charge in [-0.05, 0) is 79.6 Å². The normalized spacial score (nSPS) is 15.0. The number of aryl methyl sites for hydroxylation is 1. The van der Waals surface area contributed by atoms with Crippen LogP contribution in [-0.4, -0.2) is 34.6 Å². The smallest absolute Gasteiger partial charge is 0.294 e.